The second kappa shape index (κ2) is 14.4. The summed E-state index contributed by atoms with van der Waals surface area (Å²) in [5.41, 5.74) is 5.36. The largest absolute Gasteiger partial charge is 0.390 e. The molecule has 0 N–H and O–H groups in total. The van der Waals surface area contributed by atoms with E-state index in [-0.39, 0.29) is 0 Å². The van der Waals surface area contributed by atoms with Gasteiger partial charge < -0.3 is 9.80 Å². The zero-order chi connectivity index (χ0) is 28.2. The molecule has 0 atom stereocenters. The summed E-state index contributed by atoms with van der Waals surface area (Å²) in [7, 11) is 0. The molecule has 2 aliphatic rings. The van der Waals surface area contributed by atoms with E-state index in [4.69, 9.17) is 5.39 Å². The standard InChI is InChI=1S/C24H20B.C12H21N4/c1-5-13-21(14-6-1)25(22-15-7-2-8-16-22,23-17-9-3-10-18-23)24-19-11-4-12-20-24;13-14-11-12(15-7-3-1-4-8-15)16-9-5-2-6-10-16/h1-20H;11H,1-10H2/q-1;+1. The first-order valence-electron chi connectivity index (χ1n) is 15.3. The van der Waals surface area contributed by atoms with Crippen molar-refractivity contribution in [1.29, 1.82) is 5.39 Å². The molecule has 0 spiro atoms. The molecule has 0 amide bonds. The third kappa shape index (κ3) is 6.55. The molecule has 5 heteroatoms. The summed E-state index contributed by atoms with van der Waals surface area (Å²) in [6, 6.07) is 43.5. The van der Waals surface area contributed by atoms with Crippen LogP contribution in [-0.4, -0.2) is 42.1 Å². The summed E-state index contributed by atoms with van der Waals surface area (Å²) < 4.78 is 0. The average molecular weight is 541 g/mol. The molecule has 0 aliphatic carbocycles. The molecule has 0 radical (unpaired) electrons. The summed E-state index contributed by atoms with van der Waals surface area (Å²) in [6.45, 7) is 4.44. The minimum Gasteiger partial charge on any atom is -0.352 e. The Balaban J connectivity index is 0.000000182. The van der Waals surface area contributed by atoms with Crippen molar-refractivity contribution in [2.45, 2.75) is 38.5 Å². The van der Waals surface area contributed by atoms with Crippen molar-refractivity contribution in [2.75, 3.05) is 26.2 Å². The van der Waals surface area contributed by atoms with Gasteiger partial charge in [0.1, 0.15) is 6.15 Å². The van der Waals surface area contributed by atoms with Crippen LogP contribution in [0, 0.1) is 5.39 Å². The molecule has 0 unspecified atom stereocenters. The predicted octanol–water partition coefficient (Wildman–Crippen LogP) is 5.67. The lowest BCUT2D eigenvalue weighted by atomic mass is 9.13. The molecular weight excluding hydrogens is 499 g/mol. The van der Waals surface area contributed by atoms with Gasteiger partial charge in [0.05, 0.1) is 0 Å². The molecule has 2 saturated heterocycles. The van der Waals surface area contributed by atoms with Gasteiger partial charge in [-0.2, -0.15) is 21.9 Å². The third-order valence-electron chi connectivity index (χ3n) is 8.73. The number of piperidine rings is 2. The minimum absolute atomic E-state index is 1.11. The highest BCUT2D eigenvalue weighted by Gasteiger charge is 2.31. The van der Waals surface area contributed by atoms with Crippen molar-refractivity contribution in [3.63, 3.8) is 0 Å². The number of likely N-dealkylation sites (tertiary alicyclic amines) is 2. The van der Waals surface area contributed by atoms with Gasteiger partial charge in [-0.25, -0.2) is 0 Å². The second-order valence-electron chi connectivity index (χ2n) is 11.2. The number of hydrogen-bond donors (Lipinski definition) is 0. The van der Waals surface area contributed by atoms with Crippen LogP contribution in [-0.2, 0) is 0 Å². The van der Waals surface area contributed by atoms with Gasteiger partial charge in [-0.3, -0.25) is 0 Å². The topological polar surface area (TPSA) is 34.6 Å². The van der Waals surface area contributed by atoms with Gasteiger partial charge in [-0.1, -0.05) is 121 Å². The Labute approximate surface area is 245 Å². The fourth-order valence-electron chi connectivity index (χ4n) is 6.78. The van der Waals surface area contributed by atoms with Gasteiger partial charge in [-0.15, -0.1) is 0 Å². The molecule has 4 aromatic rings. The van der Waals surface area contributed by atoms with E-state index in [1.165, 1.54) is 60.4 Å². The Morgan fingerprint density at radius 2 is 0.780 bits per heavy atom. The molecule has 6 rings (SSSR count). The summed E-state index contributed by atoms with van der Waals surface area (Å²) in [4.78, 5) is 7.98. The summed E-state index contributed by atoms with van der Waals surface area (Å²) in [5.74, 6) is 1.13. The van der Waals surface area contributed by atoms with Gasteiger partial charge in [0.15, 0.2) is 10.8 Å². The maximum Gasteiger partial charge on any atom is 0.390 e. The molecule has 2 fully saturated rings. The molecule has 4 nitrogen and oxygen atoms in total. The molecule has 4 aromatic carbocycles. The monoisotopic (exact) mass is 540 g/mol. The van der Waals surface area contributed by atoms with Crippen LogP contribution < -0.4 is 21.9 Å². The van der Waals surface area contributed by atoms with Gasteiger partial charge in [0, 0.05) is 26.2 Å². The zero-order valence-corrected chi connectivity index (χ0v) is 24.1. The summed E-state index contributed by atoms with van der Waals surface area (Å²) in [5, 5.41) is 8.79. The lowest BCUT2D eigenvalue weighted by Crippen LogP contribution is -2.74. The fourth-order valence-corrected chi connectivity index (χ4v) is 6.78. The Kier molecular flexibility index (Phi) is 9.90. The Hall–Kier alpha value is -4.30. The van der Waals surface area contributed by atoms with Crippen LogP contribution in [0.4, 0.5) is 0 Å². The maximum atomic E-state index is 8.79. The van der Waals surface area contributed by atoms with Crippen molar-refractivity contribution in [3.8, 4) is 0 Å². The highest BCUT2D eigenvalue weighted by atomic mass is 15.3. The molecule has 0 bridgehead atoms. The maximum absolute atomic E-state index is 8.79. The molecular formula is C36H41BN4. The first-order valence-corrected chi connectivity index (χ1v) is 15.3. The van der Waals surface area contributed by atoms with Gasteiger partial charge in [0.2, 0.25) is 5.39 Å². The van der Waals surface area contributed by atoms with Gasteiger partial charge in [0.25, 0.3) is 0 Å². The van der Waals surface area contributed by atoms with E-state index in [9.17, 15) is 0 Å². The van der Waals surface area contributed by atoms with Crippen LogP contribution in [0.25, 0.3) is 4.98 Å². The fraction of sp³-hybridized carbons (Fsp3) is 0.278. The lowest BCUT2D eigenvalue weighted by Gasteiger charge is -2.44. The van der Waals surface area contributed by atoms with E-state index in [0.29, 0.717) is 0 Å². The Morgan fingerprint density at radius 3 is 1.05 bits per heavy atom. The predicted molar refractivity (Wildman–Crippen MR) is 174 cm³/mol. The van der Waals surface area contributed by atoms with Crippen LogP contribution in [0.5, 0.6) is 0 Å². The van der Waals surface area contributed by atoms with Gasteiger partial charge in [-0.05, 0) is 38.5 Å². The summed E-state index contributed by atoms with van der Waals surface area (Å²) in [6.07, 6.45) is 8.11. The van der Waals surface area contributed by atoms with Crippen LogP contribution >= 0.6 is 0 Å². The zero-order valence-electron chi connectivity index (χ0n) is 24.1. The van der Waals surface area contributed by atoms with Crippen molar-refractivity contribution in [2.24, 2.45) is 0 Å². The molecule has 208 valence electrons. The van der Waals surface area contributed by atoms with Crippen LogP contribution in [0.15, 0.2) is 133 Å². The number of diazo groups is 1. The molecule has 0 aromatic heterocycles. The highest BCUT2D eigenvalue weighted by Crippen LogP contribution is 2.21. The van der Waals surface area contributed by atoms with Crippen LogP contribution in [0.3, 0.4) is 0 Å². The molecule has 41 heavy (non-hydrogen) atoms. The van der Waals surface area contributed by atoms with Crippen molar-refractivity contribution >= 4 is 28.0 Å². The van der Waals surface area contributed by atoms with E-state index in [1.807, 2.05) is 0 Å². The first kappa shape index (κ1) is 28.2. The third-order valence-corrected chi connectivity index (χ3v) is 8.73. The van der Waals surface area contributed by atoms with Crippen LogP contribution in [0.2, 0.25) is 0 Å². The number of benzene rings is 4. The van der Waals surface area contributed by atoms with E-state index >= 15 is 0 Å². The lowest BCUT2D eigenvalue weighted by molar-refractivity contribution is 0.166. The van der Waals surface area contributed by atoms with Crippen molar-refractivity contribution < 1.29 is 0 Å². The first-order chi connectivity index (χ1) is 20.3. The smallest absolute Gasteiger partial charge is 0.352 e. The van der Waals surface area contributed by atoms with Crippen molar-refractivity contribution in [3.05, 3.63) is 138 Å². The van der Waals surface area contributed by atoms with E-state index in [0.717, 1.165) is 32.0 Å². The van der Waals surface area contributed by atoms with Gasteiger partial charge >= 0.3 is 6.20 Å². The number of hydrogen-bond acceptors (Lipinski definition) is 3. The summed E-state index contributed by atoms with van der Waals surface area (Å²) >= 11 is 0. The minimum atomic E-state index is -1.22. The Bertz CT molecular complexity index is 1210. The molecule has 2 heterocycles. The van der Waals surface area contributed by atoms with Crippen LogP contribution in [0.1, 0.15) is 38.5 Å². The molecule has 0 saturated carbocycles. The van der Waals surface area contributed by atoms with Crippen molar-refractivity contribution in [1.82, 2.24) is 9.80 Å². The second-order valence-corrected chi connectivity index (χ2v) is 11.2. The average Bonchev–Trinajstić information content (AvgIpc) is 3.07. The van der Waals surface area contributed by atoms with E-state index < -0.39 is 6.15 Å². The quantitative estimate of drug-likeness (QED) is 0.233. The highest BCUT2D eigenvalue weighted by molar-refractivity contribution is 7.19. The SMILES string of the molecule is N#[N+]C=C(N1CCCCC1)N1CCCCC1.c1ccc([B-](c2ccccc2)(c2ccccc2)c2ccccc2)cc1. The molecule has 2 aliphatic heterocycles. The van der Waals surface area contributed by atoms with E-state index in [2.05, 4.69) is 136 Å². The number of rotatable bonds is 6. The normalized spacial score (nSPS) is 15.2. The van der Waals surface area contributed by atoms with E-state index in [1.54, 1.807) is 6.20 Å². The Morgan fingerprint density at radius 1 is 0.488 bits per heavy atom. The number of nitrogens with zero attached hydrogens (tertiary/aromatic N) is 4.